The van der Waals surface area contributed by atoms with Crippen LogP contribution in [0.1, 0.15) is 135 Å². The SMILES string of the molecule is CCCCCCCCCCOc1ccc(C(=O)Oc2ccc(C(=O)Oc3ccc(C(=O)OC(C)CCCCCC)cc3F)cc2F)cc1F. The fraction of sp³-hybridized carbons (Fsp3) is 0.462. The molecule has 3 aromatic rings. The van der Waals surface area contributed by atoms with Gasteiger partial charge in [0.15, 0.2) is 34.7 Å². The van der Waals surface area contributed by atoms with Gasteiger partial charge < -0.3 is 18.9 Å². The van der Waals surface area contributed by atoms with Gasteiger partial charge >= 0.3 is 17.9 Å². The molecule has 0 amide bonds. The van der Waals surface area contributed by atoms with Crippen LogP contribution >= 0.6 is 0 Å². The third-order valence-corrected chi connectivity index (χ3v) is 7.94. The highest BCUT2D eigenvalue weighted by atomic mass is 19.1. The van der Waals surface area contributed by atoms with Crippen LogP contribution in [0.3, 0.4) is 0 Å². The highest BCUT2D eigenvalue weighted by Crippen LogP contribution is 2.25. The molecule has 1 unspecified atom stereocenters. The van der Waals surface area contributed by atoms with Crippen LogP contribution in [0.4, 0.5) is 13.2 Å². The Kier molecular flexibility index (Phi) is 16.7. The van der Waals surface area contributed by atoms with Gasteiger partial charge in [0.25, 0.3) is 0 Å². The molecule has 0 aliphatic heterocycles. The van der Waals surface area contributed by atoms with E-state index in [2.05, 4.69) is 13.8 Å². The third kappa shape index (κ3) is 13.2. The smallest absolute Gasteiger partial charge is 0.343 e. The highest BCUT2D eigenvalue weighted by molar-refractivity contribution is 5.93. The number of esters is 3. The molecule has 0 spiro atoms. The zero-order valence-corrected chi connectivity index (χ0v) is 28.7. The highest BCUT2D eigenvalue weighted by Gasteiger charge is 2.20. The maximum absolute atomic E-state index is 14.8. The average Bonchev–Trinajstić information content (AvgIpc) is 3.08. The van der Waals surface area contributed by atoms with Crippen molar-refractivity contribution in [3.63, 3.8) is 0 Å². The van der Waals surface area contributed by atoms with Crippen molar-refractivity contribution < 1.29 is 46.5 Å². The number of unbranched alkanes of at least 4 members (excludes halogenated alkanes) is 10. The van der Waals surface area contributed by atoms with Crippen LogP contribution in [-0.4, -0.2) is 30.6 Å². The van der Waals surface area contributed by atoms with Crippen molar-refractivity contribution in [1.29, 1.82) is 0 Å². The van der Waals surface area contributed by atoms with E-state index in [4.69, 9.17) is 18.9 Å². The summed E-state index contributed by atoms with van der Waals surface area (Å²) >= 11 is 0. The Hall–Kier alpha value is -4.34. The molecule has 7 nitrogen and oxygen atoms in total. The molecule has 0 radical (unpaired) electrons. The monoisotopic (exact) mass is 684 g/mol. The Morgan fingerprint density at radius 3 is 1.43 bits per heavy atom. The maximum Gasteiger partial charge on any atom is 0.343 e. The Morgan fingerprint density at radius 1 is 0.551 bits per heavy atom. The largest absolute Gasteiger partial charge is 0.491 e. The fourth-order valence-corrected chi connectivity index (χ4v) is 5.07. The second-order valence-electron chi connectivity index (χ2n) is 12.1. The maximum atomic E-state index is 14.8. The van der Waals surface area contributed by atoms with Crippen LogP contribution in [0.5, 0.6) is 17.2 Å². The van der Waals surface area contributed by atoms with Gasteiger partial charge in [0.2, 0.25) is 0 Å². The fourth-order valence-electron chi connectivity index (χ4n) is 5.07. The molecule has 0 saturated carbocycles. The lowest BCUT2D eigenvalue weighted by atomic mass is 10.1. The molecule has 0 fully saturated rings. The Bertz CT molecular complexity index is 1520. The van der Waals surface area contributed by atoms with Crippen molar-refractivity contribution >= 4 is 17.9 Å². The molecule has 0 aliphatic carbocycles. The summed E-state index contributed by atoms with van der Waals surface area (Å²) in [5.41, 5.74) is -0.499. The zero-order chi connectivity index (χ0) is 35.6. The van der Waals surface area contributed by atoms with Crippen molar-refractivity contribution in [2.75, 3.05) is 6.61 Å². The minimum absolute atomic E-state index is 0.00214. The lowest BCUT2D eigenvalue weighted by Crippen LogP contribution is -2.16. The standard InChI is InChI=1S/C39H47F3O7/c1-4-6-8-10-11-12-13-15-23-46-34-20-17-29(24-31(34)40)38(44)48-36-22-19-30(26-33(36)42)39(45)49-35-21-18-28(25-32(35)41)37(43)47-27(3)16-14-9-7-5-2/h17-22,24-27H,4-16,23H2,1-3H3. The van der Waals surface area contributed by atoms with Gasteiger partial charge in [-0.15, -0.1) is 0 Å². The number of rotatable bonds is 21. The van der Waals surface area contributed by atoms with E-state index in [1.54, 1.807) is 6.92 Å². The Labute approximate surface area is 287 Å². The first-order valence-electron chi connectivity index (χ1n) is 17.3. The van der Waals surface area contributed by atoms with E-state index in [-0.39, 0.29) is 28.5 Å². The van der Waals surface area contributed by atoms with E-state index in [9.17, 15) is 27.6 Å². The molecule has 0 aliphatic rings. The van der Waals surface area contributed by atoms with E-state index in [0.29, 0.717) is 13.0 Å². The number of benzene rings is 3. The van der Waals surface area contributed by atoms with Gasteiger partial charge in [-0.05, 0) is 80.8 Å². The van der Waals surface area contributed by atoms with Gasteiger partial charge in [-0.2, -0.15) is 0 Å². The quantitative estimate of drug-likeness (QED) is 0.0627. The number of hydrogen-bond donors (Lipinski definition) is 0. The van der Waals surface area contributed by atoms with Crippen molar-refractivity contribution in [2.45, 2.75) is 110 Å². The second-order valence-corrected chi connectivity index (χ2v) is 12.1. The van der Waals surface area contributed by atoms with E-state index in [1.165, 1.54) is 50.3 Å². The van der Waals surface area contributed by atoms with Gasteiger partial charge in [-0.25, -0.2) is 27.6 Å². The van der Waals surface area contributed by atoms with Crippen LogP contribution in [0, 0.1) is 17.5 Å². The van der Waals surface area contributed by atoms with E-state index in [1.807, 2.05) is 0 Å². The molecule has 3 rings (SSSR count). The first kappa shape index (κ1) is 39.1. The normalized spacial score (nSPS) is 11.6. The Balaban J connectivity index is 1.49. The van der Waals surface area contributed by atoms with Crippen LogP contribution in [0.15, 0.2) is 54.6 Å². The molecular formula is C39H47F3O7. The summed E-state index contributed by atoms with van der Waals surface area (Å²) in [5.74, 6) is -6.60. The van der Waals surface area contributed by atoms with Crippen LogP contribution in [-0.2, 0) is 4.74 Å². The molecule has 1 atom stereocenters. The summed E-state index contributed by atoms with van der Waals surface area (Å²) in [5, 5.41) is 0. The van der Waals surface area contributed by atoms with Crippen molar-refractivity contribution in [2.24, 2.45) is 0 Å². The van der Waals surface area contributed by atoms with Crippen molar-refractivity contribution in [3.8, 4) is 17.2 Å². The molecule has 10 heteroatoms. The van der Waals surface area contributed by atoms with Crippen LogP contribution in [0.2, 0.25) is 0 Å². The summed E-state index contributed by atoms with van der Waals surface area (Å²) in [6, 6.07) is 9.76. The lowest BCUT2D eigenvalue weighted by Gasteiger charge is -2.13. The first-order chi connectivity index (χ1) is 23.6. The molecule has 0 heterocycles. The molecule has 0 N–H and O–H groups in total. The number of ether oxygens (including phenoxy) is 4. The van der Waals surface area contributed by atoms with Gasteiger partial charge in [0.05, 0.1) is 29.4 Å². The second kappa shape index (κ2) is 20.9. The van der Waals surface area contributed by atoms with Crippen molar-refractivity contribution in [1.82, 2.24) is 0 Å². The Morgan fingerprint density at radius 2 is 0.959 bits per heavy atom. The first-order valence-corrected chi connectivity index (χ1v) is 17.3. The van der Waals surface area contributed by atoms with Crippen LogP contribution in [0.25, 0.3) is 0 Å². The predicted molar refractivity (Wildman–Crippen MR) is 181 cm³/mol. The van der Waals surface area contributed by atoms with E-state index >= 15 is 0 Å². The lowest BCUT2D eigenvalue weighted by molar-refractivity contribution is 0.0318. The molecule has 0 saturated heterocycles. The molecule has 3 aromatic carbocycles. The van der Waals surface area contributed by atoms with Gasteiger partial charge in [0, 0.05) is 0 Å². The summed E-state index contributed by atoms with van der Waals surface area (Å²) < 4.78 is 65.1. The number of halogens is 3. The summed E-state index contributed by atoms with van der Waals surface area (Å²) in [7, 11) is 0. The van der Waals surface area contributed by atoms with Crippen molar-refractivity contribution in [3.05, 3.63) is 88.7 Å². The van der Waals surface area contributed by atoms with Gasteiger partial charge in [-0.1, -0.05) is 78.1 Å². The number of carbonyl (C=O) groups is 3. The molecular weight excluding hydrogens is 637 g/mol. The predicted octanol–water partition coefficient (Wildman–Crippen LogP) is 10.6. The van der Waals surface area contributed by atoms with E-state index < -0.39 is 46.9 Å². The molecule has 49 heavy (non-hydrogen) atoms. The van der Waals surface area contributed by atoms with Gasteiger partial charge in [0.1, 0.15) is 0 Å². The number of carbonyl (C=O) groups excluding carboxylic acids is 3. The molecule has 266 valence electrons. The third-order valence-electron chi connectivity index (χ3n) is 7.94. The number of hydrogen-bond acceptors (Lipinski definition) is 7. The zero-order valence-electron chi connectivity index (χ0n) is 28.7. The minimum atomic E-state index is -1.09. The summed E-state index contributed by atoms with van der Waals surface area (Å²) in [6.45, 7) is 6.40. The minimum Gasteiger partial charge on any atom is -0.491 e. The topological polar surface area (TPSA) is 88.1 Å². The average molecular weight is 685 g/mol. The molecule has 0 aromatic heterocycles. The van der Waals surface area contributed by atoms with Gasteiger partial charge in [-0.3, -0.25) is 0 Å². The summed E-state index contributed by atoms with van der Waals surface area (Å²) in [4.78, 5) is 37.6. The van der Waals surface area contributed by atoms with E-state index in [0.717, 1.165) is 81.3 Å². The molecule has 0 bridgehead atoms. The summed E-state index contributed by atoms with van der Waals surface area (Å²) in [6.07, 6.45) is 13.5. The van der Waals surface area contributed by atoms with Crippen LogP contribution < -0.4 is 14.2 Å².